The molecule has 1 atom stereocenters. The molecule has 7 nitrogen and oxygen atoms in total. The molecule has 5 aromatic carbocycles. The summed E-state index contributed by atoms with van der Waals surface area (Å²) in [6.07, 6.45) is 1.57. The van der Waals surface area contributed by atoms with Gasteiger partial charge < -0.3 is 20.7 Å². The Labute approximate surface area is 276 Å². The van der Waals surface area contributed by atoms with E-state index in [1.807, 2.05) is 60.7 Å². The average Bonchev–Trinajstić information content (AvgIpc) is 3.09. The molecule has 5 aromatic rings. The van der Waals surface area contributed by atoms with Gasteiger partial charge in [-0.2, -0.15) is 0 Å². The lowest BCUT2D eigenvalue weighted by Crippen LogP contribution is -2.30. The van der Waals surface area contributed by atoms with Gasteiger partial charge >= 0.3 is 0 Å². The minimum Gasteiger partial charge on any atom is -0.496 e. The summed E-state index contributed by atoms with van der Waals surface area (Å²) in [6, 6.07) is 39.5. The first kappa shape index (κ1) is 32.1. The van der Waals surface area contributed by atoms with Gasteiger partial charge in [0.2, 0.25) is 5.91 Å². The van der Waals surface area contributed by atoms with Crippen molar-refractivity contribution in [1.82, 2.24) is 5.32 Å². The summed E-state index contributed by atoms with van der Waals surface area (Å²) < 4.78 is 5.44. The van der Waals surface area contributed by atoms with E-state index in [2.05, 4.69) is 16.0 Å². The van der Waals surface area contributed by atoms with E-state index in [0.717, 1.165) is 10.5 Å². The molecule has 0 aliphatic heterocycles. The maximum Gasteiger partial charge on any atom is 0.272 e. The Morgan fingerprint density at radius 2 is 1.30 bits per heavy atom. The zero-order valence-electron chi connectivity index (χ0n) is 24.8. The molecule has 230 valence electrons. The SMILES string of the molecule is COc1ccccc1/C=C(\NC(=O)c1ccccc1)C(=O)Nc1ccc(SC(C(=O)Nc2ccc(Cl)cc2)c2ccccc2)cc1. The van der Waals surface area contributed by atoms with Crippen molar-refractivity contribution < 1.29 is 19.1 Å². The van der Waals surface area contributed by atoms with Crippen molar-refractivity contribution in [2.24, 2.45) is 0 Å². The first-order valence-corrected chi connectivity index (χ1v) is 15.6. The fourth-order valence-electron chi connectivity index (χ4n) is 4.48. The smallest absolute Gasteiger partial charge is 0.272 e. The highest BCUT2D eigenvalue weighted by Gasteiger charge is 2.23. The Bertz CT molecular complexity index is 1830. The molecule has 46 heavy (non-hydrogen) atoms. The Balaban J connectivity index is 1.34. The lowest BCUT2D eigenvalue weighted by molar-refractivity contribution is -0.116. The highest BCUT2D eigenvalue weighted by Crippen LogP contribution is 2.37. The molecule has 0 saturated heterocycles. The average molecular weight is 648 g/mol. The Kier molecular flexibility index (Phi) is 10.9. The third-order valence-electron chi connectivity index (χ3n) is 6.79. The lowest BCUT2D eigenvalue weighted by Gasteiger charge is -2.17. The molecule has 9 heteroatoms. The van der Waals surface area contributed by atoms with Crippen molar-refractivity contribution in [2.45, 2.75) is 10.1 Å². The molecule has 0 bridgehead atoms. The number of amides is 3. The van der Waals surface area contributed by atoms with E-state index in [-0.39, 0.29) is 11.6 Å². The third kappa shape index (κ3) is 8.65. The molecule has 3 amide bonds. The van der Waals surface area contributed by atoms with Crippen LogP contribution in [0.25, 0.3) is 6.08 Å². The number of rotatable bonds is 11. The van der Waals surface area contributed by atoms with E-state index < -0.39 is 17.1 Å². The molecular weight excluding hydrogens is 618 g/mol. The quantitative estimate of drug-likeness (QED) is 0.0991. The minimum atomic E-state index is -0.541. The highest BCUT2D eigenvalue weighted by atomic mass is 35.5. The van der Waals surface area contributed by atoms with Crippen molar-refractivity contribution in [3.8, 4) is 5.75 Å². The summed E-state index contributed by atoms with van der Waals surface area (Å²) in [5, 5.41) is 8.62. The lowest BCUT2D eigenvalue weighted by atomic mass is 10.1. The molecule has 0 spiro atoms. The van der Waals surface area contributed by atoms with Crippen LogP contribution in [0.2, 0.25) is 5.02 Å². The van der Waals surface area contributed by atoms with Crippen LogP contribution in [-0.4, -0.2) is 24.8 Å². The van der Waals surface area contributed by atoms with Crippen molar-refractivity contribution in [3.05, 3.63) is 161 Å². The fourth-order valence-corrected chi connectivity index (χ4v) is 5.63. The maximum atomic E-state index is 13.5. The van der Waals surface area contributed by atoms with Gasteiger partial charge in [-0.25, -0.2) is 0 Å². The molecule has 3 N–H and O–H groups in total. The molecule has 0 saturated carbocycles. The molecule has 0 fully saturated rings. The van der Waals surface area contributed by atoms with Gasteiger partial charge in [-0.15, -0.1) is 11.8 Å². The summed E-state index contributed by atoms with van der Waals surface area (Å²) >= 11 is 7.39. The Morgan fingerprint density at radius 3 is 1.98 bits per heavy atom. The first-order chi connectivity index (χ1) is 22.4. The van der Waals surface area contributed by atoms with Crippen LogP contribution in [0, 0.1) is 0 Å². The number of methoxy groups -OCH3 is 1. The fraction of sp³-hybridized carbons (Fsp3) is 0.0541. The zero-order valence-corrected chi connectivity index (χ0v) is 26.3. The van der Waals surface area contributed by atoms with Gasteiger partial charge in [-0.1, -0.05) is 78.3 Å². The van der Waals surface area contributed by atoms with Crippen LogP contribution in [0.15, 0.2) is 144 Å². The number of hydrogen-bond acceptors (Lipinski definition) is 5. The zero-order chi connectivity index (χ0) is 32.3. The minimum absolute atomic E-state index is 0.0415. The number of carbonyl (C=O) groups excluding carboxylic acids is 3. The molecule has 0 aliphatic carbocycles. The van der Waals surface area contributed by atoms with Crippen LogP contribution in [0.4, 0.5) is 11.4 Å². The van der Waals surface area contributed by atoms with Crippen LogP contribution >= 0.6 is 23.4 Å². The number of nitrogens with one attached hydrogen (secondary N) is 3. The second-order valence-electron chi connectivity index (χ2n) is 10.0. The molecule has 0 aromatic heterocycles. The topological polar surface area (TPSA) is 96.5 Å². The number of halogens is 1. The Hall–Kier alpha value is -5.31. The van der Waals surface area contributed by atoms with Crippen LogP contribution in [-0.2, 0) is 9.59 Å². The van der Waals surface area contributed by atoms with E-state index in [4.69, 9.17) is 16.3 Å². The first-order valence-electron chi connectivity index (χ1n) is 14.3. The number of carbonyl (C=O) groups is 3. The summed E-state index contributed by atoms with van der Waals surface area (Å²) in [5.41, 5.74) is 3.08. The van der Waals surface area contributed by atoms with Crippen molar-refractivity contribution in [3.63, 3.8) is 0 Å². The second-order valence-corrected chi connectivity index (χ2v) is 11.6. The number of benzene rings is 5. The van der Waals surface area contributed by atoms with Gasteiger partial charge in [0.15, 0.2) is 0 Å². The van der Waals surface area contributed by atoms with E-state index >= 15 is 0 Å². The van der Waals surface area contributed by atoms with Crippen molar-refractivity contribution in [2.75, 3.05) is 17.7 Å². The van der Waals surface area contributed by atoms with Gasteiger partial charge in [0.1, 0.15) is 16.7 Å². The summed E-state index contributed by atoms with van der Waals surface area (Å²) in [5.74, 6) is -0.569. The number of thioether (sulfide) groups is 1. The predicted octanol–water partition coefficient (Wildman–Crippen LogP) is 8.23. The second kappa shape index (κ2) is 15.6. The summed E-state index contributed by atoms with van der Waals surface area (Å²) in [4.78, 5) is 40.7. The molecule has 1 unspecified atom stereocenters. The maximum absolute atomic E-state index is 13.5. The van der Waals surface area contributed by atoms with Gasteiger partial charge in [-0.3, -0.25) is 14.4 Å². The monoisotopic (exact) mass is 647 g/mol. The molecular formula is C37H30ClN3O4S. The summed E-state index contributed by atoms with van der Waals surface area (Å²) in [6.45, 7) is 0. The van der Waals surface area contributed by atoms with E-state index in [0.29, 0.717) is 33.3 Å². The predicted molar refractivity (Wildman–Crippen MR) is 185 cm³/mol. The van der Waals surface area contributed by atoms with E-state index in [1.54, 1.807) is 78.9 Å². The molecule has 0 aliphatic rings. The van der Waals surface area contributed by atoms with E-state index in [9.17, 15) is 14.4 Å². The van der Waals surface area contributed by atoms with E-state index in [1.165, 1.54) is 18.9 Å². The number of hydrogen-bond donors (Lipinski definition) is 3. The standard InChI is InChI=1S/C37H30ClN3O4S/c1-45-33-15-9-8-14-27(33)24-32(41-35(42)26-12-6-3-7-13-26)36(43)39-30-20-22-31(23-21-30)46-34(25-10-4-2-5-11-25)37(44)40-29-18-16-28(38)17-19-29/h2-24,34H,1H3,(H,39,43)(H,40,44)(H,41,42)/b32-24-. The van der Waals surface area contributed by atoms with Gasteiger partial charge in [0, 0.05) is 32.4 Å². The highest BCUT2D eigenvalue weighted by molar-refractivity contribution is 8.00. The van der Waals surface area contributed by atoms with Crippen LogP contribution in [0.5, 0.6) is 5.75 Å². The number of ether oxygens (including phenoxy) is 1. The van der Waals surface area contributed by atoms with Gasteiger partial charge in [-0.05, 0) is 78.4 Å². The van der Waals surface area contributed by atoms with Crippen LogP contribution in [0.3, 0.4) is 0 Å². The van der Waals surface area contributed by atoms with Gasteiger partial charge in [0.05, 0.1) is 7.11 Å². The Morgan fingerprint density at radius 1 is 0.717 bits per heavy atom. The van der Waals surface area contributed by atoms with Crippen LogP contribution in [0.1, 0.15) is 26.7 Å². The number of anilines is 2. The van der Waals surface area contributed by atoms with Gasteiger partial charge in [0.25, 0.3) is 11.8 Å². The van der Waals surface area contributed by atoms with Crippen LogP contribution < -0.4 is 20.7 Å². The van der Waals surface area contributed by atoms with Crippen molar-refractivity contribution in [1.29, 1.82) is 0 Å². The number of para-hydroxylation sites is 1. The molecule has 0 heterocycles. The molecule has 0 radical (unpaired) electrons. The van der Waals surface area contributed by atoms with Crippen molar-refractivity contribution >= 4 is 58.5 Å². The largest absolute Gasteiger partial charge is 0.496 e. The normalized spacial score (nSPS) is 11.7. The molecule has 5 rings (SSSR count). The third-order valence-corrected chi connectivity index (χ3v) is 8.30. The summed E-state index contributed by atoms with van der Waals surface area (Å²) in [7, 11) is 1.54.